The molecule has 0 aliphatic carbocycles. The van der Waals surface area contributed by atoms with Crippen LogP contribution in [0.4, 0.5) is 0 Å². The van der Waals surface area contributed by atoms with E-state index in [9.17, 15) is 9.90 Å². The first-order chi connectivity index (χ1) is 11.1. The van der Waals surface area contributed by atoms with Gasteiger partial charge in [-0.2, -0.15) is 0 Å². The zero-order valence-electron chi connectivity index (χ0n) is 13.2. The summed E-state index contributed by atoms with van der Waals surface area (Å²) < 4.78 is 15.2. The van der Waals surface area contributed by atoms with Gasteiger partial charge in [0, 0.05) is 5.56 Å². The van der Waals surface area contributed by atoms with Crippen LogP contribution in [0.2, 0.25) is 0 Å². The van der Waals surface area contributed by atoms with Gasteiger partial charge in [-0.25, -0.2) is 4.79 Å². The summed E-state index contributed by atoms with van der Waals surface area (Å²) in [5, 5.41) is 9.71. The van der Waals surface area contributed by atoms with E-state index in [-0.39, 0.29) is 11.3 Å². The molecule has 120 valence electrons. The number of aromatic hydroxyl groups is 1. The number of phenols is 1. The van der Waals surface area contributed by atoms with Crippen LogP contribution in [0.3, 0.4) is 0 Å². The van der Waals surface area contributed by atoms with Crippen LogP contribution in [0, 0.1) is 0 Å². The van der Waals surface area contributed by atoms with E-state index in [4.69, 9.17) is 9.47 Å². The molecular weight excluding hydrogens is 296 g/mol. The minimum absolute atomic E-state index is 0.118. The van der Waals surface area contributed by atoms with E-state index in [0.29, 0.717) is 11.5 Å². The Labute approximate surface area is 134 Å². The van der Waals surface area contributed by atoms with Crippen LogP contribution in [-0.4, -0.2) is 32.4 Å². The lowest BCUT2D eigenvalue weighted by atomic mass is 10.1. The summed E-state index contributed by atoms with van der Waals surface area (Å²) >= 11 is 0. The van der Waals surface area contributed by atoms with E-state index in [0.717, 1.165) is 11.1 Å². The summed E-state index contributed by atoms with van der Waals surface area (Å²) in [7, 11) is 4.46. The molecule has 5 heteroatoms. The van der Waals surface area contributed by atoms with Gasteiger partial charge in [-0.1, -0.05) is 18.2 Å². The minimum atomic E-state index is -0.586. The summed E-state index contributed by atoms with van der Waals surface area (Å²) in [6, 6.07) is 10.2. The fourth-order valence-corrected chi connectivity index (χ4v) is 2.09. The number of hydrogen-bond donors (Lipinski definition) is 1. The third-order valence-corrected chi connectivity index (χ3v) is 3.32. The fourth-order valence-electron chi connectivity index (χ4n) is 2.09. The molecule has 0 radical (unpaired) electrons. The van der Waals surface area contributed by atoms with Crippen molar-refractivity contribution in [2.24, 2.45) is 0 Å². The number of carbonyl (C=O) groups excluding carboxylic acids is 1. The third-order valence-electron chi connectivity index (χ3n) is 3.32. The van der Waals surface area contributed by atoms with Crippen LogP contribution in [0.25, 0.3) is 12.2 Å². The second kappa shape index (κ2) is 7.35. The van der Waals surface area contributed by atoms with Crippen LogP contribution in [-0.2, 0) is 4.74 Å². The largest absolute Gasteiger partial charge is 0.507 e. The van der Waals surface area contributed by atoms with Gasteiger partial charge < -0.3 is 19.3 Å². The van der Waals surface area contributed by atoms with Crippen LogP contribution >= 0.6 is 0 Å². The molecule has 0 aromatic heterocycles. The van der Waals surface area contributed by atoms with Crippen molar-refractivity contribution in [1.29, 1.82) is 0 Å². The monoisotopic (exact) mass is 314 g/mol. The number of methoxy groups -OCH3 is 3. The Balaban J connectivity index is 2.35. The first-order valence-electron chi connectivity index (χ1n) is 6.90. The van der Waals surface area contributed by atoms with Gasteiger partial charge in [-0.3, -0.25) is 0 Å². The topological polar surface area (TPSA) is 65.0 Å². The van der Waals surface area contributed by atoms with Gasteiger partial charge in [0.15, 0.2) is 0 Å². The molecule has 0 aliphatic heterocycles. The zero-order chi connectivity index (χ0) is 16.8. The summed E-state index contributed by atoms with van der Waals surface area (Å²) in [5.74, 6) is 0.713. The molecule has 0 amide bonds. The van der Waals surface area contributed by atoms with E-state index in [2.05, 4.69) is 4.74 Å². The molecule has 0 heterocycles. The van der Waals surface area contributed by atoms with Gasteiger partial charge >= 0.3 is 5.97 Å². The molecule has 0 unspecified atom stereocenters. The van der Waals surface area contributed by atoms with E-state index < -0.39 is 5.97 Å². The van der Waals surface area contributed by atoms with Crippen LogP contribution in [0.15, 0.2) is 36.4 Å². The Kier molecular flexibility index (Phi) is 5.25. The standard InChI is InChI=1S/C18H18O5/c1-21-14-7-9-17(22-2)13(11-14)6-4-12-5-8-16(19)15(10-12)18(20)23-3/h4-11,19H,1-3H3/b6-4-. The van der Waals surface area contributed by atoms with Crippen molar-refractivity contribution in [3.8, 4) is 17.2 Å². The highest BCUT2D eigenvalue weighted by Crippen LogP contribution is 2.26. The van der Waals surface area contributed by atoms with E-state index >= 15 is 0 Å². The number of esters is 1. The second-order valence-corrected chi connectivity index (χ2v) is 4.71. The molecule has 2 aromatic carbocycles. The van der Waals surface area contributed by atoms with Crippen molar-refractivity contribution in [2.75, 3.05) is 21.3 Å². The van der Waals surface area contributed by atoms with Gasteiger partial charge in [-0.15, -0.1) is 0 Å². The molecule has 2 aromatic rings. The molecule has 0 spiro atoms. The second-order valence-electron chi connectivity index (χ2n) is 4.71. The predicted octanol–water partition coefficient (Wildman–Crippen LogP) is 3.37. The van der Waals surface area contributed by atoms with Gasteiger partial charge in [-0.05, 0) is 35.9 Å². The number of phenolic OH excluding ortho intramolecular Hbond substituents is 1. The lowest BCUT2D eigenvalue weighted by Crippen LogP contribution is -2.01. The molecule has 2 rings (SSSR count). The number of rotatable bonds is 5. The average molecular weight is 314 g/mol. The molecule has 23 heavy (non-hydrogen) atoms. The third kappa shape index (κ3) is 3.83. The van der Waals surface area contributed by atoms with Crippen molar-refractivity contribution in [3.63, 3.8) is 0 Å². The van der Waals surface area contributed by atoms with Crippen LogP contribution in [0.1, 0.15) is 21.5 Å². The Morgan fingerprint density at radius 2 is 1.78 bits per heavy atom. The number of hydrogen-bond acceptors (Lipinski definition) is 5. The Morgan fingerprint density at radius 3 is 2.43 bits per heavy atom. The maximum atomic E-state index is 11.6. The summed E-state index contributed by atoms with van der Waals surface area (Å²) in [6.07, 6.45) is 3.65. The fraction of sp³-hybridized carbons (Fsp3) is 0.167. The maximum Gasteiger partial charge on any atom is 0.341 e. The number of carbonyl (C=O) groups is 1. The van der Waals surface area contributed by atoms with E-state index in [1.165, 1.54) is 13.2 Å². The highest BCUT2D eigenvalue weighted by molar-refractivity contribution is 5.93. The first kappa shape index (κ1) is 16.4. The predicted molar refractivity (Wildman–Crippen MR) is 87.9 cm³/mol. The summed E-state index contributed by atoms with van der Waals surface area (Å²) in [5.41, 5.74) is 1.69. The lowest BCUT2D eigenvalue weighted by Gasteiger charge is -2.07. The smallest absolute Gasteiger partial charge is 0.341 e. The molecule has 5 nitrogen and oxygen atoms in total. The van der Waals surface area contributed by atoms with Gasteiger partial charge in [0.2, 0.25) is 0 Å². The van der Waals surface area contributed by atoms with Crippen molar-refractivity contribution in [2.45, 2.75) is 0 Å². The molecule has 0 atom stereocenters. The molecular formula is C18H18O5. The van der Waals surface area contributed by atoms with Crippen LogP contribution < -0.4 is 9.47 Å². The summed E-state index contributed by atoms with van der Waals surface area (Å²) in [4.78, 5) is 11.6. The molecule has 0 saturated carbocycles. The van der Waals surface area contributed by atoms with Crippen molar-refractivity contribution in [3.05, 3.63) is 53.1 Å². The van der Waals surface area contributed by atoms with E-state index in [1.807, 2.05) is 30.4 Å². The Hall–Kier alpha value is -2.95. The maximum absolute atomic E-state index is 11.6. The molecule has 0 aliphatic rings. The van der Waals surface area contributed by atoms with Crippen molar-refractivity contribution in [1.82, 2.24) is 0 Å². The van der Waals surface area contributed by atoms with Gasteiger partial charge in [0.1, 0.15) is 22.8 Å². The lowest BCUT2D eigenvalue weighted by molar-refractivity contribution is 0.0597. The SMILES string of the molecule is COC(=O)c1cc(/C=C\c2cc(OC)ccc2OC)ccc1O. The number of benzene rings is 2. The van der Waals surface area contributed by atoms with Crippen molar-refractivity contribution < 1.29 is 24.1 Å². The first-order valence-corrected chi connectivity index (χ1v) is 6.90. The Bertz CT molecular complexity index is 734. The van der Waals surface area contributed by atoms with Crippen molar-refractivity contribution >= 4 is 18.1 Å². The number of ether oxygens (including phenoxy) is 3. The summed E-state index contributed by atoms with van der Waals surface area (Å²) in [6.45, 7) is 0. The minimum Gasteiger partial charge on any atom is -0.507 e. The average Bonchev–Trinajstić information content (AvgIpc) is 2.59. The van der Waals surface area contributed by atoms with E-state index in [1.54, 1.807) is 26.4 Å². The highest BCUT2D eigenvalue weighted by Gasteiger charge is 2.11. The molecule has 0 bridgehead atoms. The molecule has 0 fully saturated rings. The highest BCUT2D eigenvalue weighted by atomic mass is 16.5. The molecule has 1 N–H and O–H groups in total. The molecule has 0 saturated heterocycles. The quantitative estimate of drug-likeness (QED) is 0.677. The normalized spacial score (nSPS) is 10.6. The van der Waals surface area contributed by atoms with Crippen LogP contribution in [0.5, 0.6) is 17.2 Å². The Morgan fingerprint density at radius 1 is 1.00 bits per heavy atom. The van der Waals surface area contributed by atoms with Gasteiger partial charge in [0.05, 0.1) is 21.3 Å². The van der Waals surface area contributed by atoms with Gasteiger partial charge in [0.25, 0.3) is 0 Å². The zero-order valence-corrected chi connectivity index (χ0v) is 13.2.